The van der Waals surface area contributed by atoms with Crippen molar-refractivity contribution in [3.8, 4) is 11.4 Å². The molecule has 4 aromatic rings. The Bertz CT molecular complexity index is 1470. The molecule has 3 N–H and O–H groups in total. The quantitative estimate of drug-likeness (QED) is 0.300. The molecule has 0 radical (unpaired) electrons. The van der Waals surface area contributed by atoms with Crippen LogP contribution in [0.15, 0.2) is 42.5 Å². The highest BCUT2D eigenvalue weighted by molar-refractivity contribution is 6.06. The second kappa shape index (κ2) is 11.5. The SMILES string of the molecule is CC(C)(C)[C@H](NC(=O)c1nn(CC2CCCCC2)c2c(F)cccc12)C(=O)NCc1ccc(-c2nn[nH]n2)cc1. The highest BCUT2D eigenvalue weighted by Crippen LogP contribution is 2.29. The number of tetrazole rings is 1. The van der Waals surface area contributed by atoms with Crippen molar-refractivity contribution in [3.63, 3.8) is 0 Å². The standard InChI is InChI=1S/C29H35FN8O2/c1-29(2,3)25(28(40)31-16-18-12-14-20(15-13-18)26-33-36-37-34-26)32-27(39)23-21-10-7-11-22(30)24(21)38(35-23)17-19-8-5-4-6-9-19/h7,10-15,19,25H,4-6,8-9,16-17H2,1-3H3,(H,31,40)(H,32,39)(H,33,34,36,37)/t25-/m1/s1. The van der Waals surface area contributed by atoms with Gasteiger partial charge in [-0.1, -0.05) is 76.4 Å². The second-order valence-corrected chi connectivity index (χ2v) is 11.6. The molecule has 2 aromatic carbocycles. The lowest BCUT2D eigenvalue weighted by atomic mass is 9.86. The summed E-state index contributed by atoms with van der Waals surface area (Å²) in [5, 5.41) is 24.8. The monoisotopic (exact) mass is 546 g/mol. The van der Waals surface area contributed by atoms with Gasteiger partial charge >= 0.3 is 0 Å². The van der Waals surface area contributed by atoms with Gasteiger partial charge in [0.15, 0.2) is 5.69 Å². The Morgan fingerprint density at radius 2 is 1.85 bits per heavy atom. The number of carbonyl (C=O) groups is 2. The second-order valence-electron chi connectivity index (χ2n) is 11.6. The minimum Gasteiger partial charge on any atom is -0.350 e. The van der Waals surface area contributed by atoms with E-state index in [0.29, 0.717) is 29.2 Å². The maximum Gasteiger partial charge on any atom is 0.273 e. The van der Waals surface area contributed by atoms with Crippen LogP contribution >= 0.6 is 0 Å². The molecule has 10 nitrogen and oxygen atoms in total. The molecule has 1 saturated carbocycles. The number of nitrogens with zero attached hydrogens (tertiary/aromatic N) is 5. The van der Waals surface area contributed by atoms with Gasteiger partial charge in [0.25, 0.3) is 5.91 Å². The third-order valence-corrected chi connectivity index (χ3v) is 7.52. The van der Waals surface area contributed by atoms with E-state index in [-0.39, 0.29) is 18.1 Å². The molecule has 1 fully saturated rings. The first-order valence-electron chi connectivity index (χ1n) is 13.8. The molecule has 1 aliphatic rings. The summed E-state index contributed by atoms with van der Waals surface area (Å²) in [5.41, 5.74) is 1.55. The van der Waals surface area contributed by atoms with E-state index in [9.17, 15) is 14.0 Å². The van der Waals surface area contributed by atoms with Gasteiger partial charge in [-0.05, 0) is 41.0 Å². The van der Waals surface area contributed by atoms with Gasteiger partial charge in [0, 0.05) is 24.0 Å². The molecule has 2 aromatic heterocycles. The van der Waals surface area contributed by atoms with E-state index in [1.807, 2.05) is 45.0 Å². The normalized spacial score (nSPS) is 15.2. The number of aromatic nitrogens is 6. The number of hydrogen-bond donors (Lipinski definition) is 3. The third-order valence-electron chi connectivity index (χ3n) is 7.52. The lowest BCUT2D eigenvalue weighted by molar-refractivity contribution is -0.125. The van der Waals surface area contributed by atoms with Crippen LogP contribution in [0.5, 0.6) is 0 Å². The maximum atomic E-state index is 15.0. The van der Waals surface area contributed by atoms with E-state index >= 15 is 0 Å². The Morgan fingerprint density at radius 1 is 1.10 bits per heavy atom. The fraction of sp³-hybridized carbons (Fsp3) is 0.448. The number of rotatable bonds is 8. The smallest absolute Gasteiger partial charge is 0.273 e. The third kappa shape index (κ3) is 6.03. The lowest BCUT2D eigenvalue weighted by Crippen LogP contribution is -2.53. The average molecular weight is 547 g/mol. The van der Waals surface area contributed by atoms with Gasteiger partial charge in [0.05, 0.1) is 0 Å². The van der Waals surface area contributed by atoms with Crippen molar-refractivity contribution in [2.75, 3.05) is 0 Å². The maximum absolute atomic E-state index is 15.0. The molecular formula is C29H35FN8O2. The molecule has 210 valence electrons. The summed E-state index contributed by atoms with van der Waals surface area (Å²) in [6.45, 7) is 6.50. The van der Waals surface area contributed by atoms with Crippen molar-refractivity contribution in [1.82, 2.24) is 41.0 Å². The highest BCUT2D eigenvalue weighted by atomic mass is 19.1. The van der Waals surface area contributed by atoms with Gasteiger partial charge < -0.3 is 10.6 Å². The fourth-order valence-corrected chi connectivity index (χ4v) is 5.33. The number of carbonyl (C=O) groups excluding carboxylic acids is 2. The molecule has 0 saturated heterocycles. The van der Waals surface area contributed by atoms with Crippen LogP contribution in [-0.4, -0.2) is 48.3 Å². The largest absolute Gasteiger partial charge is 0.350 e. The van der Waals surface area contributed by atoms with E-state index in [2.05, 4.69) is 36.4 Å². The predicted molar refractivity (Wildman–Crippen MR) is 148 cm³/mol. The van der Waals surface area contributed by atoms with Crippen molar-refractivity contribution < 1.29 is 14.0 Å². The number of benzene rings is 2. The lowest BCUT2D eigenvalue weighted by Gasteiger charge is -2.30. The van der Waals surface area contributed by atoms with Crippen LogP contribution < -0.4 is 10.6 Å². The van der Waals surface area contributed by atoms with Crippen molar-refractivity contribution in [2.45, 2.75) is 72.0 Å². The van der Waals surface area contributed by atoms with Gasteiger partial charge in [-0.2, -0.15) is 10.3 Å². The molecule has 5 rings (SSSR count). The molecule has 2 amide bonds. The van der Waals surface area contributed by atoms with Gasteiger partial charge in [-0.25, -0.2) is 4.39 Å². The van der Waals surface area contributed by atoms with E-state index in [4.69, 9.17) is 0 Å². The summed E-state index contributed by atoms with van der Waals surface area (Å²) in [5.74, 6) is -0.338. The number of hydrogen-bond acceptors (Lipinski definition) is 6. The van der Waals surface area contributed by atoms with E-state index < -0.39 is 23.2 Å². The zero-order valence-corrected chi connectivity index (χ0v) is 23.1. The fourth-order valence-electron chi connectivity index (χ4n) is 5.33. The van der Waals surface area contributed by atoms with Gasteiger partial charge in [0.2, 0.25) is 11.7 Å². The topological polar surface area (TPSA) is 130 Å². The molecular weight excluding hydrogens is 511 g/mol. The number of fused-ring (bicyclic) bond motifs is 1. The van der Waals surface area contributed by atoms with Crippen molar-refractivity contribution in [1.29, 1.82) is 0 Å². The Kier molecular flexibility index (Phi) is 7.90. The van der Waals surface area contributed by atoms with Crippen molar-refractivity contribution in [2.24, 2.45) is 11.3 Å². The number of nitrogens with one attached hydrogen (secondary N) is 3. The summed E-state index contributed by atoms with van der Waals surface area (Å²) in [6.07, 6.45) is 5.68. The summed E-state index contributed by atoms with van der Waals surface area (Å²) >= 11 is 0. The van der Waals surface area contributed by atoms with E-state index in [0.717, 1.165) is 36.8 Å². The van der Waals surface area contributed by atoms with Crippen LogP contribution in [0.4, 0.5) is 4.39 Å². The summed E-state index contributed by atoms with van der Waals surface area (Å²) < 4.78 is 16.6. The first-order valence-corrected chi connectivity index (χ1v) is 13.8. The first kappa shape index (κ1) is 27.4. The average Bonchev–Trinajstić information content (AvgIpc) is 3.60. The Labute approximate surface area is 232 Å². The number of H-pyrrole nitrogens is 1. The number of amides is 2. The van der Waals surface area contributed by atoms with Crippen LogP contribution in [0.25, 0.3) is 22.3 Å². The van der Waals surface area contributed by atoms with Gasteiger partial charge in [-0.3, -0.25) is 14.3 Å². The van der Waals surface area contributed by atoms with Gasteiger partial charge in [0.1, 0.15) is 17.4 Å². The molecule has 40 heavy (non-hydrogen) atoms. The summed E-state index contributed by atoms with van der Waals surface area (Å²) in [6, 6.07) is 11.3. The van der Waals surface area contributed by atoms with Gasteiger partial charge in [-0.15, -0.1) is 10.2 Å². The number of para-hydroxylation sites is 1. The summed E-state index contributed by atoms with van der Waals surface area (Å²) in [4.78, 5) is 26.9. The van der Waals surface area contributed by atoms with Crippen LogP contribution in [-0.2, 0) is 17.9 Å². The summed E-state index contributed by atoms with van der Waals surface area (Å²) in [7, 11) is 0. The number of halogens is 1. The molecule has 2 heterocycles. The number of aromatic amines is 1. The Hall–Kier alpha value is -4.15. The Balaban J connectivity index is 1.31. The van der Waals surface area contributed by atoms with Crippen LogP contribution in [0.3, 0.4) is 0 Å². The van der Waals surface area contributed by atoms with Crippen molar-refractivity contribution in [3.05, 3.63) is 59.5 Å². The zero-order valence-electron chi connectivity index (χ0n) is 23.1. The molecule has 1 atom stereocenters. The van der Waals surface area contributed by atoms with Crippen molar-refractivity contribution >= 4 is 22.7 Å². The van der Waals surface area contributed by atoms with E-state index in [1.165, 1.54) is 12.5 Å². The first-order chi connectivity index (χ1) is 19.2. The zero-order chi connectivity index (χ0) is 28.3. The molecule has 1 aliphatic carbocycles. The minimum absolute atomic E-state index is 0.129. The molecule has 0 spiro atoms. The van der Waals surface area contributed by atoms with Crippen LogP contribution in [0.2, 0.25) is 0 Å². The molecule has 0 aliphatic heterocycles. The highest BCUT2D eigenvalue weighted by Gasteiger charge is 2.34. The molecule has 0 bridgehead atoms. The van der Waals surface area contributed by atoms with Crippen LogP contribution in [0, 0.1) is 17.2 Å². The predicted octanol–water partition coefficient (Wildman–Crippen LogP) is 4.40. The van der Waals surface area contributed by atoms with Crippen LogP contribution in [0.1, 0.15) is 68.9 Å². The van der Waals surface area contributed by atoms with E-state index in [1.54, 1.807) is 16.8 Å². The minimum atomic E-state index is -0.842. The molecule has 11 heteroatoms. The Morgan fingerprint density at radius 3 is 2.52 bits per heavy atom. The molecule has 0 unspecified atom stereocenters.